The zero-order chi connectivity index (χ0) is 25.6. The van der Waals surface area contributed by atoms with Crippen LogP contribution in [0.15, 0.2) is 60.8 Å². The van der Waals surface area contributed by atoms with Crippen molar-refractivity contribution in [3.05, 3.63) is 76.4 Å². The van der Waals surface area contributed by atoms with E-state index in [4.69, 9.17) is 5.26 Å². The third-order valence-electron chi connectivity index (χ3n) is 6.43. The van der Waals surface area contributed by atoms with E-state index in [1.165, 1.54) is 10.7 Å². The molecule has 37 heavy (non-hydrogen) atoms. The minimum atomic E-state index is -0.884. The molecule has 1 unspecified atom stereocenters. The van der Waals surface area contributed by atoms with Gasteiger partial charge in [0.2, 0.25) is 5.95 Å². The van der Waals surface area contributed by atoms with Crippen LogP contribution in [0.3, 0.4) is 0 Å². The molecule has 9 nitrogen and oxygen atoms in total. The molecule has 0 aliphatic carbocycles. The monoisotopic (exact) mass is 512 g/mol. The standard InChI is InChI=1S/C27H28N8OS/c1-18-33-34-26(37-18)21-11-16-35(17-12-21)23-8-6-22(7-9-23)31-27-30-14-10-24(32-27)19-2-4-20(5-3-19)25(36)29-15-13-28/h2-10,14,21,25,29,36H,11-12,15-17H2,1H3,(H,30,31,32). The normalized spacial score (nSPS) is 14.8. The number of hydrogen-bond donors (Lipinski definition) is 3. The number of hydrogen-bond acceptors (Lipinski definition) is 10. The number of aliphatic hydroxyl groups is 1. The van der Waals surface area contributed by atoms with Crippen molar-refractivity contribution in [3.8, 4) is 17.3 Å². The molecule has 1 saturated heterocycles. The molecule has 2 aromatic carbocycles. The highest BCUT2D eigenvalue weighted by molar-refractivity contribution is 7.11. The number of nitrogens with one attached hydrogen (secondary N) is 2. The molecule has 0 amide bonds. The van der Waals surface area contributed by atoms with Crippen LogP contribution in [0.1, 0.15) is 40.6 Å². The lowest BCUT2D eigenvalue weighted by atomic mass is 9.97. The molecule has 1 aliphatic heterocycles. The summed E-state index contributed by atoms with van der Waals surface area (Å²) >= 11 is 1.71. The van der Waals surface area contributed by atoms with Crippen molar-refractivity contribution in [1.82, 2.24) is 25.5 Å². The summed E-state index contributed by atoms with van der Waals surface area (Å²) in [5, 5.41) is 35.5. The third-order valence-corrected chi connectivity index (χ3v) is 7.43. The topological polar surface area (TPSA) is 123 Å². The van der Waals surface area contributed by atoms with Crippen molar-refractivity contribution >= 4 is 28.7 Å². The molecule has 10 heteroatoms. The summed E-state index contributed by atoms with van der Waals surface area (Å²) < 4.78 is 0. The predicted octanol–water partition coefficient (Wildman–Crippen LogP) is 4.54. The summed E-state index contributed by atoms with van der Waals surface area (Å²) in [6.45, 7) is 4.10. The van der Waals surface area contributed by atoms with Gasteiger partial charge in [0.15, 0.2) is 0 Å². The van der Waals surface area contributed by atoms with Crippen molar-refractivity contribution in [3.63, 3.8) is 0 Å². The van der Waals surface area contributed by atoms with Gasteiger partial charge in [-0.1, -0.05) is 24.3 Å². The van der Waals surface area contributed by atoms with E-state index in [1.54, 1.807) is 17.5 Å². The van der Waals surface area contributed by atoms with Crippen LogP contribution >= 0.6 is 11.3 Å². The lowest BCUT2D eigenvalue weighted by Crippen LogP contribution is -2.32. The lowest BCUT2D eigenvalue weighted by molar-refractivity contribution is 0.144. The first-order valence-corrected chi connectivity index (χ1v) is 13.0. The number of piperidine rings is 1. The van der Waals surface area contributed by atoms with Crippen LogP contribution in [0, 0.1) is 18.3 Å². The van der Waals surface area contributed by atoms with Crippen LogP contribution in [0.25, 0.3) is 11.3 Å². The Balaban J connectivity index is 1.19. The number of nitriles is 1. The average molecular weight is 513 g/mol. The second-order valence-electron chi connectivity index (χ2n) is 8.92. The number of aryl methyl sites for hydroxylation is 1. The Kier molecular flexibility index (Phi) is 7.65. The van der Waals surface area contributed by atoms with E-state index in [2.05, 4.69) is 60.0 Å². The van der Waals surface area contributed by atoms with E-state index >= 15 is 0 Å². The van der Waals surface area contributed by atoms with E-state index < -0.39 is 6.23 Å². The van der Waals surface area contributed by atoms with Gasteiger partial charge in [-0.2, -0.15) is 5.26 Å². The molecule has 0 bridgehead atoms. The molecule has 1 fully saturated rings. The summed E-state index contributed by atoms with van der Waals surface area (Å²) in [4.78, 5) is 11.4. The van der Waals surface area contributed by atoms with Crippen molar-refractivity contribution in [2.24, 2.45) is 0 Å². The van der Waals surface area contributed by atoms with Crippen LogP contribution in [-0.2, 0) is 0 Å². The van der Waals surface area contributed by atoms with Gasteiger partial charge in [0.25, 0.3) is 0 Å². The number of aromatic nitrogens is 4. The molecule has 2 aromatic heterocycles. The Morgan fingerprint density at radius 2 is 1.84 bits per heavy atom. The first kappa shape index (κ1) is 24.8. The molecule has 4 aromatic rings. The lowest BCUT2D eigenvalue weighted by Gasteiger charge is -2.32. The summed E-state index contributed by atoms with van der Waals surface area (Å²) in [7, 11) is 0. The first-order chi connectivity index (χ1) is 18.1. The molecular formula is C27H28N8OS. The Bertz CT molecular complexity index is 1360. The van der Waals surface area contributed by atoms with Gasteiger partial charge in [0, 0.05) is 42.1 Å². The summed E-state index contributed by atoms with van der Waals surface area (Å²) in [6.07, 6.45) is 3.02. The Morgan fingerprint density at radius 3 is 2.51 bits per heavy atom. The fourth-order valence-electron chi connectivity index (χ4n) is 4.42. The van der Waals surface area contributed by atoms with Crippen LogP contribution in [0.4, 0.5) is 17.3 Å². The highest BCUT2D eigenvalue weighted by atomic mass is 32.1. The van der Waals surface area contributed by atoms with Crippen LogP contribution in [-0.4, -0.2) is 44.9 Å². The minimum absolute atomic E-state index is 0.0777. The minimum Gasteiger partial charge on any atom is -0.374 e. The molecule has 1 aliphatic rings. The largest absolute Gasteiger partial charge is 0.374 e. The molecule has 3 N–H and O–H groups in total. The number of nitrogens with zero attached hydrogens (tertiary/aromatic N) is 6. The van der Waals surface area contributed by atoms with Gasteiger partial charge in [-0.25, -0.2) is 9.97 Å². The molecule has 0 saturated carbocycles. The Labute approximate surface area is 219 Å². The van der Waals surface area contributed by atoms with Gasteiger partial charge in [-0.15, -0.1) is 21.5 Å². The van der Waals surface area contributed by atoms with Gasteiger partial charge >= 0.3 is 0 Å². The Hall–Kier alpha value is -3.91. The summed E-state index contributed by atoms with van der Waals surface area (Å²) in [5.74, 6) is 1.02. The predicted molar refractivity (Wildman–Crippen MR) is 145 cm³/mol. The zero-order valence-electron chi connectivity index (χ0n) is 20.5. The third kappa shape index (κ3) is 6.09. The van der Waals surface area contributed by atoms with Crippen molar-refractivity contribution in [2.75, 3.05) is 29.9 Å². The van der Waals surface area contributed by atoms with Gasteiger partial charge in [-0.3, -0.25) is 5.32 Å². The molecule has 1 atom stereocenters. The SMILES string of the molecule is Cc1nnc(C2CCN(c3ccc(Nc4nccc(-c5ccc(C(O)NCC#N)cc5)n4)cc3)CC2)s1. The van der Waals surface area contributed by atoms with Crippen LogP contribution in [0.2, 0.25) is 0 Å². The van der Waals surface area contributed by atoms with Crippen molar-refractivity contribution in [1.29, 1.82) is 5.26 Å². The molecule has 0 radical (unpaired) electrons. The summed E-state index contributed by atoms with van der Waals surface area (Å²) in [6, 6.07) is 19.6. The zero-order valence-corrected chi connectivity index (χ0v) is 21.3. The highest BCUT2D eigenvalue weighted by Crippen LogP contribution is 2.32. The molecular weight excluding hydrogens is 484 g/mol. The second kappa shape index (κ2) is 11.4. The van der Waals surface area contributed by atoms with Crippen LogP contribution < -0.4 is 15.5 Å². The molecule has 188 valence electrons. The quantitative estimate of drug-likeness (QED) is 0.231. The molecule has 5 rings (SSSR count). The smallest absolute Gasteiger partial charge is 0.227 e. The fourth-order valence-corrected chi connectivity index (χ4v) is 5.29. The van der Waals surface area contributed by atoms with Crippen molar-refractivity contribution < 1.29 is 5.11 Å². The maximum Gasteiger partial charge on any atom is 0.227 e. The first-order valence-electron chi connectivity index (χ1n) is 12.2. The van der Waals surface area contributed by atoms with E-state index in [9.17, 15) is 5.11 Å². The molecule has 0 spiro atoms. The van der Waals surface area contributed by atoms with Crippen LogP contribution in [0.5, 0.6) is 0 Å². The van der Waals surface area contributed by atoms with Gasteiger partial charge in [0.1, 0.15) is 16.2 Å². The van der Waals surface area contributed by atoms with E-state index in [0.29, 0.717) is 17.4 Å². The second-order valence-corrected chi connectivity index (χ2v) is 10.1. The van der Waals surface area contributed by atoms with Gasteiger partial charge in [0.05, 0.1) is 18.3 Å². The highest BCUT2D eigenvalue weighted by Gasteiger charge is 2.23. The number of rotatable bonds is 8. The maximum atomic E-state index is 10.1. The van der Waals surface area contributed by atoms with Gasteiger partial charge in [-0.05, 0) is 55.7 Å². The number of benzene rings is 2. The average Bonchev–Trinajstić information content (AvgIpc) is 3.39. The molecule has 3 heterocycles. The Morgan fingerprint density at radius 1 is 1.08 bits per heavy atom. The van der Waals surface area contributed by atoms with Crippen molar-refractivity contribution in [2.45, 2.75) is 31.9 Å². The van der Waals surface area contributed by atoms with E-state index in [0.717, 1.165) is 47.9 Å². The van der Waals surface area contributed by atoms with E-state index in [1.807, 2.05) is 43.3 Å². The fraction of sp³-hybridized carbons (Fsp3) is 0.296. The number of anilines is 3. The number of aliphatic hydroxyl groups excluding tert-OH is 1. The van der Waals surface area contributed by atoms with Gasteiger partial charge < -0.3 is 15.3 Å². The maximum absolute atomic E-state index is 10.1. The summed E-state index contributed by atoms with van der Waals surface area (Å²) in [5.41, 5.74) is 4.49. The van der Waals surface area contributed by atoms with E-state index in [-0.39, 0.29) is 6.54 Å².